The summed E-state index contributed by atoms with van der Waals surface area (Å²) in [4.78, 5) is -0.159. The van der Waals surface area contributed by atoms with Crippen LogP contribution in [0.25, 0.3) is 0 Å². The van der Waals surface area contributed by atoms with E-state index in [1.807, 2.05) is 0 Å². The fourth-order valence-corrected chi connectivity index (χ4v) is 1.67. The quantitative estimate of drug-likeness (QED) is 0.568. The van der Waals surface area contributed by atoms with Gasteiger partial charge in [0.2, 0.25) is 0 Å². The minimum atomic E-state index is -4.19. The van der Waals surface area contributed by atoms with E-state index in [1.165, 1.54) is 12.1 Å². The van der Waals surface area contributed by atoms with Crippen molar-refractivity contribution < 1.29 is 13.0 Å². The topological polar surface area (TPSA) is 66.4 Å². The van der Waals surface area contributed by atoms with Gasteiger partial charge in [-0.05, 0) is 19.2 Å². The fourth-order valence-electron chi connectivity index (χ4n) is 1.02. The van der Waals surface area contributed by atoms with Gasteiger partial charge in [-0.2, -0.15) is 8.42 Å². The summed E-state index contributed by atoms with van der Waals surface area (Å²) < 4.78 is 30.8. The molecule has 4 nitrogen and oxygen atoms in total. The van der Waals surface area contributed by atoms with Gasteiger partial charge in [0, 0.05) is 5.56 Å². The molecule has 0 saturated heterocycles. The summed E-state index contributed by atoms with van der Waals surface area (Å²) in [6, 6.07) is 6.06. The maximum atomic E-state index is 11.0. The first kappa shape index (κ1) is 11.7. The van der Waals surface area contributed by atoms with Crippen LogP contribution in [0.4, 0.5) is 0 Å². The van der Waals surface area contributed by atoms with E-state index in [2.05, 4.69) is 17.2 Å². The lowest BCUT2D eigenvalue weighted by molar-refractivity contribution is 0.483. The lowest BCUT2D eigenvalue weighted by Gasteiger charge is -1.99. The molecule has 0 aliphatic rings. The third-order valence-electron chi connectivity index (χ3n) is 1.65. The summed E-state index contributed by atoms with van der Waals surface area (Å²) in [7, 11) is -2.45. The number of hydrogen-bond acceptors (Lipinski definition) is 3. The van der Waals surface area contributed by atoms with Gasteiger partial charge in [-0.1, -0.05) is 24.0 Å². The maximum Gasteiger partial charge on any atom is 0.295 e. The number of benzene rings is 1. The second kappa shape index (κ2) is 4.94. The molecule has 0 fully saturated rings. The van der Waals surface area contributed by atoms with E-state index in [1.54, 1.807) is 19.2 Å². The molecule has 15 heavy (non-hydrogen) atoms. The Kier molecular flexibility index (Phi) is 3.86. The van der Waals surface area contributed by atoms with Crippen LogP contribution in [0.1, 0.15) is 5.56 Å². The van der Waals surface area contributed by atoms with Gasteiger partial charge >= 0.3 is 0 Å². The molecular formula is C10H11NO3S. The minimum absolute atomic E-state index is 0.159. The standard InChI is InChI=1S/C10H11NO3S/c1-11-8-4-6-9-5-2-3-7-10(9)15(12,13)14/h2-3,5,7,11H,8H2,1H3,(H,12,13,14). The minimum Gasteiger partial charge on any atom is -0.309 e. The van der Waals surface area contributed by atoms with Crippen LogP contribution >= 0.6 is 0 Å². The normalized spacial score (nSPS) is 10.5. The van der Waals surface area contributed by atoms with E-state index in [9.17, 15) is 8.42 Å². The molecule has 1 aromatic rings. The van der Waals surface area contributed by atoms with Crippen molar-refractivity contribution in [2.75, 3.05) is 13.6 Å². The molecule has 0 radical (unpaired) electrons. The van der Waals surface area contributed by atoms with Crippen molar-refractivity contribution in [3.05, 3.63) is 29.8 Å². The molecule has 0 aromatic heterocycles. The lowest BCUT2D eigenvalue weighted by atomic mass is 10.2. The molecule has 1 aromatic carbocycles. The summed E-state index contributed by atoms with van der Waals surface area (Å²) in [5.41, 5.74) is 0.301. The fraction of sp³-hybridized carbons (Fsp3) is 0.200. The smallest absolute Gasteiger partial charge is 0.295 e. The highest BCUT2D eigenvalue weighted by molar-refractivity contribution is 7.85. The number of nitrogens with one attached hydrogen (secondary N) is 1. The third-order valence-corrected chi connectivity index (χ3v) is 2.56. The highest BCUT2D eigenvalue weighted by atomic mass is 32.2. The van der Waals surface area contributed by atoms with E-state index in [0.717, 1.165) is 0 Å². The van der Waals surface area contributed by atoms with Crippen LogP contribution in [-0.4, -0.2) is 26.6 Å². The molecule has 0 spiro atoms. The van der Waals surface area contributed by atoms with Gasteiger partial charge in [0.05, 0.1) is 6.54 Å². The Hall–Kier alpha value is -1.35. The van der Waals surface area contributed by atoms with E-state index < -0.39 is 10.1 Å². The first-order chi connectivity index (χ1) is 7.05. The van der Waals surface area contributed by atoms with E-state index in [-0.39, 0.29) is 4.90 Å². The zero-order valence-corrected chi connectivity index (χ0v) is 9.00. The predicted molar refractivity (Wildman–Crippen MR) is 57.1 cm³/mol. The lowest BCUT2D eigenvalue weighted by Crippen LogP contribution is -2.05. The van der Waals surface area contributed by atoms with Crippen LogP contribution in [0.2, 0.25) is 0 Å². The van der Waals surface area contributed by atoms with Crippen molar-refractivity contribution in [3.63, 3.8) is 0 Å². The molecule has 1 rings (SSSR count). The van der Waals surface area contributed by atoms with Crippen LogP contribution < -0.4 is 5.32 Å². The van der Waals surface area contributed by atoms with Crippen LogP contribution in [0.15, 0.2) is 29.2 Å². The first-order valence-electron chi connectivity index (χ1n) is 4.25. The Balaban J connectivity index is 3.15. The Morgan fingerprint density at radius 3 is 2.67 bits per heavy atom. The van der Waals surface area contributed by atoms with E-state index >= 15 is 0 Å². The van der Waals surface area contributed by atoms with Crippen LogP contribution in [-0.2, 0) is 10.1 Å². The SMILES string of the molecule is CNCC#Cc1ccccc1S(=O)(=O)O. The second-order valence-corrected chi connectivity index (χ2v) is 4.19. The summed E-state index contributed by atoms with van der Waals surface area (Å²) in [6.07, 6.45) is 0. The average Bonchev–Trinajstić information content (AvgIpc) is 2.17. The molecule has 0 atom stereocenters. The van der Waals surface area contributed by atoms with Crippen molar-refractivity contribution >= 4 is 10.1 Å². The van der Waals surface area contributed by atoms with Crippen molar-refractivity contribution in [3.8, 4) is 11.8 Å². The summed E-state index contributed by atoms with van der Waals surface area (Å²) >= 11 is 0. The predicted octanol–water partition coefficient (Wildman–Crippen LogP) is 0.504. The molecule has 0 aliphatic carbocycles. The van der Waals surface area contributed by atoms with Crippen molar-refractivity contribution in [2.45, 2.75) is 4.90 Å². The second-order valence-electron chi connectivity index (χ2n) is 2.80. The Morgan fingerprint density at radius 1 is 1.40 bits per heavy atom. The van der Waals surface area contributed by atoms with Crippen molar-refractivity contribution in [1.29, 1.82) is 0 Å². The van der Waals surface area contributed by atoms with Crippen LogP contribution in [0, 0.1) is 11.8 Å². The third kappa shape index (κ3) is 3.36. The molecule has 0 amide bonds. The van der Waals surface area contributed by atoms with Gasteiger partial charge in [-0.25, -0.2) is 0 Å². The Morgan fingerprint density at radius 2 is 2.07 bits per heavy atom. The molecule has 0 aliphatic heterocycles. The average molecular weight is 225 g/mol. The molecule has 0 saturated carbocycles. The summed E-state index contributed by atoms with van der Waals surface area (Å²) in [5.74, 6) is 5.40. The van der Waals surface area contributed by atoms with Crippen molar-refractivity contribution in [1.82, 2.24) is 5.32 Å². The van der Waals surface area contributed by atoms with Crippen molar-refractivity contribution in [2.24, 2.45) is 0 Å². The van der Waals surface area contributed by atoms with Gasteiger partial charge in [0.1, 0.15) is 4.90 Å². The molecule has 80 valence electrons. The molecule has 0 bridgehead atoms. The highest BCUT2D eigenvalue weighted by Crippen LogP contribution is 2.13. The van der Waals surface area contributed by atoms with Gasteiger partial charge in [0.25, 0.3) is 10.1 Å². The van der Waals surface area contributed by atoms with E-state index in [0.29, 0.717) is 12.1 Å². The molecule has 0 heterocycles. The van der Waals surface area contributed by atoms with Gasteiger partial charge < -0.3 is 5.32 Å². The van der Waals surface area contributed by atoms with E-state index in [4.69, 9.17) is 4.55 Å². The Bertz CT molecular complexity index is 497. The summed E-state index contributed by atoms with van der Waals surface area (Å²) in [5, 5.41) is 2.81. The summed E-state index contributed by atoms with van der Waals surface area (Å²) in [6.45, 7) is 0.458. The number of hydrogen-bond donors (Lipinski definition) is 2. The van der Waals surface area contributed by atoms with Crippen LogP contribution in [0.5, 0.6) is 0 Å². The molecule has 5 heteroatoms. The van der Waals surface area contributed by atoms with Gasteiger partial charge in [-0.3, -0.25) is 4.55 Å². The van der Waals surface area contributed by atoms with Gasteiger partial charge in [0.15, 0.2) is 0 Å². The first-order valence-corrected chi connectivity index (χ1v) is 5.69. The Labute approximate surface area is 89.1 Å². The zero-order chi connectivity index (χ0) is 11.3. The van der Waals surface area contributed by atoms with Crippen LogP contribution in [0.3, 0.4) is 0 Å². The molecule has 2 N–H and O–H groups in total. The van der Waals surface area contributed by atoms with Gasteiger partial charge in [-0.15, -0.1) is 0 Å². The number of rotatable bonds is 2. The largest absolute Gasteiger partial charge is 0.309 e. The molecule has 0 unspecified atom stereocenters. The zero-order valence-electron chi connectivity index (χ0n) is 8.19. The maximum absolute atomic E-state index is 11.0. The monoisotopic (exact) mass is 225 g/mol. The highest BCUT2D eigenvalue weighted by Gasteiger charge is 2.12. The molecular weight excluding hydrogens is 214 g/mol.